The van der Waals surface area contributed by atoms with E-state index in [-0.39, 0.29) is 0 Å². The zero-order valence-electron chi connectivity index (χ0n) is 11.5. The lowest BCUT2D eigenvalue weighted by Crippen LogP contribution is -2.42. The van der Waals surface area contributed by atoms with Crippen molar-refractivity contribution in [3.05, 3.63) is 0 Å². The van der Waals surface area contributed by atoms with Crippen LogP contribution in [-0.4, -0.2) is 27.8 Å². The highest BCUT2D eigenvalue weighted by Gasteiger charge is 2.27. The van der Waals surface area contributed by atoms with Crippen LogP contribution >= 0.6 is 0 Å². The maximum atomic E-state index is 12.4. The number of hydrogen-bond acceptors (Lipinski definition) is 2. The van der Waals surface area contributed by atoms with Gasteiger partial charge in [0.25, 0.3) is 0 Å². The van der Waals surface area contributed by atoms with Crippen LogP contribution in [0, 0.1) is 0 Å². The van der Waals surface area contributed by atoms with E-state index in [2.05, 4.69) is 19.2 Å². The monoisotopic (exact) mass is 259 g/mol. The average molecular weight is 259 g/mol. The Morgan fingerprint density at radius 1 is 1.12 bits per heavy atom. The first-order chi connectivity index (χ1) is 8.29. The second-order valence-corrected chi connectivity index (χ2v) is 6.95. The van der Waals surface area contributed by atoms with Gasteiger partial charge in [-0.25, -0.2) is 0 Å². The molecule has 1 rings (SSSR count). The highest BCUT2D eigenvalue weighted by molar-refractivity contribution is 7.85. The number of nitrogens with one attached hydrogen (secondary N) is 1. The molecule has 0 aromatic heterocycles. The van der Waals surface area contributed by atoms with Crippen molar-refractivity contribution >= 4 is 10.8 Å². The Hall–Kier alpha value is 0.110. The summed E-state index contributed by atoms with van der Waals surface area (Å²) < 4.78 is 12.4. The van der Waals surface area contributed by atoms with Crippen LogP contribution in [0.5, 0.6) is 0 Å². The van der Waals surface area contributed by atoms with Crippen LogP contribution < -0.4 is 5.32 Å². The van der Waals surface area contributed by atoms with Crippen molar-refractivity contribution in [2.24, 2.45) is 0 Å². The van der Waals surface area contributed by atoms with Gasteiger partial charge in [0.1, 0.15) is 0 Å². The molecule has 0 aromatic rings. The molecule has 3 atom stereocenters. The van der Waals surface area contributed by atoms with E-state index in [4.69, 9.17) is 0 Å². The predicted molar refractivity (Wildman–Crippen MR) is 76.9 cm³/mol. The van der Waals surface area contributed by atoms with Crippen LogP contribution in [-0.2, 0) is 10.8 Å². The molecule has 1 N–H and O–H groups in total. The fourth-order valence-corrected chi connectivity index (χ4v) is 4.49. The summed E-state index contributed by atoms with van der Waals surface area (Å²) in [6.45, 7) is 5.45. The molecule has 0 saturated heterocycles. The molecule has 0 heterocycles. The molecule has 1 aliphatic rings. The van der Waals surface area contributed by atoms with E-state index in [1.165, 1.54) is 32.1 Å². The minimum atomic E-state index is -0.613. The molecule has 1 aliphatic carbocycles. The number of unbranched alkanes of at least 4 members (excludes halogenated alkanes) is 1. The Labute approximate surface area is 109 Å². The molecule has 0 bridgehead atoms. The molecule has 0 aromatic carbocycles. The van der Waals surface area contributed by atoms with E-state index in [0.29, 0.717) is 11.3 Å². The summed E-state index contributed by atoms with van der Waals surface area (Å²) in [6, 6.07) is 0.509. The molecule has 0 radical (unpaired) electrons. The first kappa shape index (κ1) is 15.2. The molecule has 17 heavy (non-hydrogen) atoms. The Balaban J connectivity index is 2.51. The van der Waals surface area contributed by atoms with Gasteiger partial charge in [0.2, 0.25) is 0 Å². The smallest absolute Gasteiger partial charge is 0.0501 e. The van der Waals surface area contributed by atoms with Crippen molar-refractivity contribution in [1.82, 2.24) is 5.32 Å². The summed E-state index contributed by atoms with van der Waals surface area (Å²) in [5.74, 6) is 0.908. The lowest BCUT2D eigenvalue weighted by atomic mass is 10.1. The van der Waals surface area contributed by atoms with Crippen molar-refractivity contribution in [2.45, 2.75) is 76.5 Å². The molecule has 0 spiro atoms. The van der Waals surface area contributed by atoms with Gasteiger partial charge in [0, 0.05) is 22.6 Å². The van der Waals surface area contributed by atoms with Gasteiger partial charge in [-0.1, -0.05) is 39.5 Å². The Morgan fingerprint density at radius 3 is 2.59 bits per heavy atom. The molecule has 3 unspecified atom stereocenters. The van der Waals surface area contributed by atoms with Crippen molar-refractivity contribution < 1.29 is 4.21 Å². The summed E-state index contributed by atoms with van der Waals surface area (Å²) >= 11 is 0. The Morgan fingerprint density at radius 2 is 1.88 bits per heavy atom. The van der Waals surface area contributed by atoms with Crippen molar-refractivity contribution in [1.29, 1.82) is 0 Å². The van der Waals surface area contributed by atoms with Crippen LogP contribution in [0.25, 0.3) is 0 Å². The zero-order chi connectivity index (χ0) is 12.5. The third-order valence-electron chi connectivity index (χ3n) is 3.65. The van der Waals surface area contributed by atoms with Crippen LogP contribution in [0.2, 0.25) is 0 Å². The second-order valence-electron chi connectivity index (χ2n) is 5.18. The van der Waals surface area contributed by atoms with Gasteiger partial charge < -0.3 is 5.32 Å². The van der Waals surface area contributed by atoms with E-state index in [0.717, 1.165) is 31.6 Å². The third kappa shape index (κ3) is 5.52. The molecule has 102 valence electrons. The van der Waals surface area contributed by atoms with Crippen molar-refractivity contribution in [3.63, 3.8) is 0 Å². The highest BCUT2D eigenvalue weighted by Crippen LogP contribution is 2.23. The van der Waals surface area contributed by atoms with E-state index in [1.54, 1.807) is 0 Å². The fraction of sp³-hybridized carbons (Fsp3) is 1.00. The van der Waals surface area contributed by atoms with Crippen LogP contribution in [0.15, 0.2) is 0 Å². The quantitative estimate of drug-likeness (QED) is 0.711. The van der Waals surface area contributed by atoms with Crippen LogP contribution in [0.1, 0.15) is 65.2 Å². The highest BCUT2D eigenvalue weighted by atomic mass is 32.2. The van der Waals surface area contributed by atoms with Gasteiger partial charge in [-0.2, -0.15) is 0 Å². The molecule has 0 amide bonds. The minimum absolute atomic E-state index is 0.413. The molecule has 0 aliphatic heterocycles. The van der Waals surface area contributed by atoms with Crippen LogP contribution in [0.4, 0.5) is 0 Å². The molecule has 1 saturated carbocycles. The summed E-state index contributed by atoms with van der Waals surface area (Å²) in [7, 11) is -0.613. The lowest BCUT2D eigenvalue weighted by Gasteiger charge is -2.25. The van der Waals surface area contributed by atoms with Crippen molar-refractivity contribution in [2.75, 3.05) is 12.3 Å². The van der Waals surface area contributed by atoms with Gasteiger partial charge in [0.05, 0.1) is 5.25 Å². The molecule has 1 fully saturated rings. The van der Waals surface area contributed by atoms with Gasteiger partial charge in [-0.15, -0.1) is 0 Å². The first-order valence-corrected chi connectivity index (χ1v) is 8.78. The standard InChI is InChI=1S/C14H29NOS/c1-3-5-12-17(16)14-10-8-6-7-9-13(14)15-11-4-2/h13-15H,3-12H2,1-2H3. The van der Waals surface area contributed by atoms with E-state index in [9.17, 15) is 4.21 Å². The van der Waals surface area contributed by atoms with Gasteiger partial charge in [-0.3, -0.25) is 4.21 Å². The summed E-state index contributed by atoms with van der Waals surface area (Å²) in [4.78, 5) is 0. The number of rotatable bonds is 7. The minimum Gasteiger partial charge on any atom is -0.313 e. The molecular formula is C14H29NOS. The van der Waals surface area contributed by atoms with E-state index in [1.807, 2.05) is 0 Å². The maximum absolute atomic E-state index is 12.4. The third-order valence-corrected chi connectivity index (χ3v) is 5.58. The topological polar surface area (TPSA) is 29.1 Å². The Bertz CT molecular complexity index is 220. The molecule has 2 nitrogen and oxygen atoms in total. The lowest BCUT2D eigenvalue weighted by molar-refractivity contribution is 0.462. The van der Waals surface area contributed by atoms with Gasteiger partial charge in [0.15, 0.2) is 0 Å². The van der Waals surface area contributed by atoms with Gasteiger partial charge >= 0.3 is 0 Å². The van der Waals surface area contributed by atoms with E-state index >= 15 is 0 Å². The second kappa shape index (κ2) is 9.09. The predicted octanol–water partition coefficient (Wildman–Crippen LogP) is 3.24. The Kier molecular flexibility index (Phi) is 8.12. The SMILES string of the molecule is CCCCS(=O)C1CCCCCC1NCCC. The summed E-state index contributed by atoms with van der Waals surface area (Å²) in [5.41, 5.74) is 0. The number of hydrogen-bond donors (Lipinski definition) is 1. The van der Waals surface area contributed by atoms with Crippen molar-refractivity contribution in [3.8, 4) is 0 Å². The van der Waals surface area contributed by atoms with Gasteiger partial charge in [-0.05, 0) is 32.2 Å². The average Bonchev–Trinajstić information content (AvgIpc) is 2.58. The normalized spacial score (nSPS) is 27.6. The van der Waals surface area contributed by atoms with E-state index < -0.39 is 10.8 Å². The first-order valence-electron chi connectivity index (χ1n) is 7.40. The molecule has 3 heteroatoms. The molecular weight excluding hydrogens is 230 g/mol. The van der Waals surface area contributed by atoms with Crippen LogP contribution in [0.3, 0.4) is 0 Å². The summed E-state index contributed by atoms with van der Waals surface area (Å²) in [6.07, 6.45) is 9.74. The summed E-state index contributed by atoms with van der Waals surface area (Å²) in [5, 5.41) is 4.04. The largest absolute Gasteiger partial charge is 0.313 e. The maximum Gasteiger partial charge on any atom is 0.0501 e. The fourth-order valence-electron chi connectivity index (χ4n) is 2.59. The zero-order valence-corrected chi connectivity index (χ0v) is 12.4.